The van der Waals surface area contributed by atoms with E-state index < -0.39 is 22.6 Å². The molecule has 0 saturated carbocycles. The molecule has 1 N–H and O–H groups in total. The molecule has 0 spiro atoms. The van der Waals surface area contributed by atoms with Crippen LogP contribution in [0.4, 0.5) is 14.5 Å². The van der Waals surface area contributed by atoms with Crippen molar-refractivity contribution >= 4 is 16.7 Å². The number of halogens is 2. The van der Waals surface area contributed by atoms with Crippen molar-refractivity contribution < 1.29 is 17.7 Å². The van der Waals surface area contributed by atoms with Crippen LogP contribution in [0.3, 0.4) is 0 Å². The maximum absolute atomic E-state index is 14.0. The van der Waals surface area contributed by atoms with Crippen LogP contribution in [0.1, 0.15) is 0 Å². The SMILES string of the molecule is Cn1cc(-c2cc(NS(C)=O)ccc2Oc2ccc(F)cc2F)ccc1=O. The zero-order valence-corrected chi connectivity index (χ0v) is 15.3. The summed E-state index contributed by atoms with van der Waals surface area (Å²) in [7, 11) is 0.319. The topological polar surface area (TPSA) is 60.3 Å². The number of benzene rings is 2. The van der Waals surface area contributed by atoms with Crippen LogP contribution in [-0.2, 0) is 18.0 Å². The zero-order valence-electron chi connectivity index (χ0n) is 14.5. The molecular weight excluding hydrogens is 374 g/mol. The van der Waals surface area contributed by atoms with Gasteiger partial charge in [-0.3, -0.25) is 4.79 Å². The van der Waals surface area contributed by atoms with Crippen molar-refractivity contribution in [3.8, 4) is 22.6 Å². The number of nitrogens with zero attached hydrogens (tertiary/aromatic N) is 1. The van der Waals surface area contributed by atoms with Crippen molar-refractivity contribution in [1.82, 2.24) is 4.57 Å². The van der Waals surface area contributed by atoms with Crippen molar-refractivity contribution in [1.29, 1.82) is 0 Å². The van der Waals surface area contributed by atoms with Crippen molar-refractivity contribution in [3.05, 3.63) is 76.7 Å². The van der Waals surface area contributed by atoms with Gasteiger partial charge in [-0.1, -0.05) is 0 Å². The van der Waals surface area contributed by atoms with Gasteiger partial charge in [0.2, 0.25) is 5.56 Å². The average Bonchev–Trinajstić information content (AvgIpc) is 2.60. The molecule has 0 radical (unpaired) electrons. The number of anilines is 1. The Bertz CT molecular complexity index is 1080. The highest BCUT2D eigenvalue weighted by Gasteiger charge is 2.13. The summed E-state index contributed by atoms with van der Waals surface area (Å²) in [6.45, 7) is 0. The molecule has 5 nitrogen and oxygen atoms in total. The van der Waals surface area contributed by atoms with Gasteiger partial charge in [-0.25, -0.2) is 13.0 Å². The van der Waals surface area contributed by atoms with Gasteiger partial charge in [0.05, 0.1) is 0 Å². The Labute approximate surface area is 156 Å². The molecule has 140 valence electrons. The van der Waals surface area contributed by atoms with E-state index in [1.165, 1.54) is 23.0 Å². The van der Waals surface area contributed by atoms with Gasteiger partial charge in [0.25, 0.3) is 0 Å². The van der Waals surface area contributed by atoms with Gasteiger partial charge >= 0.3 is 0 Å². The highest BCUT2D eigenvalue weighted by Crippen LogP contribution is 2.36. The summed E-state index contributed by atoms with van der Waals surface area (Å²) < 4.78 is 48.4. The Morgan fingerprint density at radius 3 is 2.44 bits per heavy atom. The Balaban J connectivity index is 2.10. The maximum atomic E-state index is 14.0. The monoisotopic (exact) mass is 390 g/mol. The third kappa shape index (κ3) is 4.40. The summed E-state index contributed by atoms with van der Waals surface area (Å²) in [5.74, 6) is -1.38. The molecule has 0 bridgehead atoms. The van der Waals surface area contributed by atoms with Crippen LogP contribution in [0.5, 0.6) is 11.5 Å². The fourth-order valence-electron chi connectivity index (χ4n) is 2.50. The molecule has 0 aliphatic heterocycles. The number of aromatic nitrogens is 1. The second-order valence-electron chi connectivity index (χ2n) is 5.81. The fraction of sp³-hybridized carbons (Fsp3) is 0.105. The van der Waals surface area contributed by atoms with Crippen molar-refractivity contribution in [2.24, 2.45) is 7.05 Å². The Morgan fingerprint density at radius 2 is 1.78 bits per heavy atom. The predicted octanol–water partition coefficient (Wildman–Crippen LogP) is 3.83. The molecule has 27 heavy (non-hydrogen) atoms. The summed E-state index contributed by atoms with van der Waals surface area (Å²) in [5, 5.41) is 0. The molecule has 3 rings (SSSR count). The molecule has 2 aromatic carbocycles. The number of hydrogen-bond acceptors (Lipinski definition) is 3. The predicted molar refractivity (Wildman–Crippen MR) is 101 cm³/mol. The van der Waals surface area contributed by atoms with Crippen LogP contribution in [0.15, 0.2) is 59.5 Å². The van der Waals surface area contributed by atoms with Gasteiger partial charge in [-0.15, -0.1) is 0 Å². The molecule has 0 saturated heterocycles. The molecule has 0 amide bonds. The lowest BCUT2D eigenvalue weighted by molar-refractivity contribution is 0.439. The lowest BCUT2D eigenvalue weighted by Crippen LogP contribution is -2.14. The fourth-order valence-corrected chi connectivity index (χ4v) is 2.96. The van der Waals surface area contributed by atoms with Gasteiger partial charge in [0.1, 0.15) is 22.6 Å². The smallest absolute Gasteiger partial charge is 0.250 e. The number of ether oxygens (including phenoxy) is 1. The summed E-state index contributed by atoms with van der Waals surface area (Å²) >= 11 is 0. The van der Waals surface area contributed by atoms with Gasteiger partial charge in [-0.2, -0.15) is 0 Å². The Morgan fingerprint density at radius 1 is 1.04 bits per heavy atom. The maximum Gasteiger partial charge on any atom is 0.250 e. The number of hydrogen-bond donors (Lipinski definition) is 1. The standard InChI is InChI=1S/C19H16F2N2O3S/c1-23-11-12(3-8-19(23)24)15-10-14(22-27(2)25)5-7-17(15)26-18-6-4-13(20)9-16(18)21/h3-11,22H,1-2H3. The van der Waals surface area contributed by atoms with Gasteiger partial charge in [-0.05, 0) is 36.4 Å². The first-order valence-electron chi connectivity index (χ1n) is 7.87. The van der Waals surface area contributed by atoms with Crippen LogP contribution in [0.25, 0.3) is 11.1 Å². The Hall–Kier alpha value is -3.00. The minimum Gasteiger partial charge on any atom is -0.454 e. The van der Waals surface area contributed by atoms with E-state index in [9.17, 15) is 17.8 Å². The largest absolute Gasteiger partial charge is 0.454 e. The quantitative estimate of drug-likeness (QED) is 0.720. The van der Waals surface area contributed by atoms with E-state index in [-0.39, 0.29) is 11.3 Å². The zero-order chi connectivity index (χ0) is 19.6. The lowest BCUT2D eigenvalue weighted by Gasteiger charge is -2.14. The minimum absolute atomic E-state index is 0.137. The first-order valence-corrected chi connectivity index (χ1v) is 9.43. The lowest BCUT2D eigenvalue weighted by atomic mass is 10.1. The number of rotatable bonds is 5. The molecule has 8 heteroatoms. The highest BCUT2D eigenvalue weighted by atomic mass is 32.2. The van der Waals surface area contributed by atoms with Crippen LogP contribution >= 0.6 is 0 Å². The molecule has 0 aliphatic rings. The highest BCUT2D eigenvalue weighted by molar-refractivity contribution is 7.85. The van der Waals surface area contributed by atoms with Crippen LogP contribution in [0.2, 0.25) is 0 Å². The van der Waals surface area contributed by atoms with Gasteiger partial charge in [0.15, 0.2) is 11.6 Å². The number of nitrogens with one attached hydrogen (secondary N) is 1. The van der Waals surface area contributed by atoms with E-state index in [0.29, 0.717) is 22.6 Å². The van der Waals surface area contributed by atoms with Gasteiger partial charge in [0, 0.05) is 48.4 Å². The van der Waals surface area contributed by atoms with E-state index in [2.05, 4.69) is 4.72 Å². The molecule has 0 aliphatic carbocycles. The third-order valence-corrected chi connectivity index (χ3v) is 4.27. The van der Waals surface area contributed by atoms with E-state index in [1.54, 1.807) is 37.5 Å². The number of pyridine rings is 1. The molecule has 1 heterocycles. The van der Waals surface area contributed by atoms with Crippen LogP contribution in [0, 0.1) is 11.6 Å². The normalized spacial score (nSPS) is 11.9. The van der Waals surface area contributed by atoms with Gasteiger partial charge < -0.3 is 14.0 Å². The van der Waals surface area contributed by atoms with Crippen molar-refractivity contribution in [2.75, 3.05) is 11.0 Å². The van der Waals surface area contributed by atoms with E-state index in [4.69, 9.17) is 4.74 Å². The first kappa shape index (κ1) is 18.8. The molecule has 1 atom stereocenters. The minimum atomic E-state index is -1.29. The third-order valence-electron chi connectivity index (χ3n) is 3.75. The van der Waals surface area contributed by atoms with E-state index >= 15 is 0 Å². The average molecular weight is 390 g/mol. The molecule has 3 aromatic rings. The summed E-state index contributed by atoms with van der Waals surface area (Å²) in [5.41, 5.74) is 1.56. The van der Waals surface area contributed by atoms with Crippen molar-refractivity contribution in [3.63, 3.8) is 0 Å². The molecule has 1 unspecified atom stereocenters. The second-order valence-corrected chi connectivity index (χ2v) is 6.92. The van der Waals surface area contributed by atoms with Crippen LogP contribution in [-0.4, -0.2) is 15.0 Å². The Kier molecular flexibility index (Phi) is 5.36. The number of aryl methyl sites for hydroxylation is 1. The van der Waals surface area contributed by atoms with E-state index in [1.807, 2.05) is 0 Å². The molecular formula is C19H16F2N2O3S. The van der Waals surface area contributed by atoms with Crippen LogP contribution < -0.4 is 15.0 Å². The summed E-state index contributed by atoms with van der Waals surface area (Å²) in [6.07, 6.45) is 3.10. The molecule has 1 aromatic heterocycles. The first-order chi connectivity index (χ1) is 12.8. The van der Waals surface area contributed by atoms with E-state index in [0.717, 1.165) is 12.1 Å². The molecule has 0 fully saturated rings. The summed E-state index contributed by atoms with van der Waals surface area (Å²) in [4.78, 5) is 11.7. The summed E-state index contributed by atoms with van der Waals surface area (Å²) in [6, 6.07) is 10.9. The second kappa shape index (κ2) is 7.71. The van der Waals surface area contributed by atoms with Crippen molar-refractivity contribution in [2.45, 2.75) is 0 Å².